The van der Waals surface area contributed by atoms with Crippen molar-refractivity contribution in [3.63, 3.8) is 0 Å². The van der Waals surface area contributed by atoms with Crippen LogP contribution in [0.1, 0.15) is 59.3 Å². The van der Waals surface area contributed by atoms with Gasteiger partial charge in [0, 0.05) is 12.3 Å². The van der Waals surface area contributed by atoms with Gasteiger partial charge in [-0.15, -0.1) is 6.58 Å². The predicted molar refractivity (Wildman–Crippen MR) is 71.8 cm³/mol. The van der Waals surface area contributed by atoms with Gasteiger partial charge in [0.25, 0.3) is 0 Å². The van der Waals surface area contributed by atoms with Gasteiger partial charge < -0.3 is 0 Å². The third-order valence-corrected chi connectivity index (χ3v) is 5.32. The smallest absolute Gasteiger partial charge is 0.140 e. The van der Waals surface area contributed by atoms with Gasteiger partial charge >= 0.3 is 0 Å². The zero-order valence-electron chi connectivity index (χ0n) is 11.6. The maximum absolute atomic E-state index is 11.9. The van der Waals surface area contributed by atoms with Crippen molar-refractivity contribution in [3.05, 3.63) is 12.7 Å². The number of hydrogen-bond donors (Lipinski definition) is 0. The molecule has 2 fully saturated rings. The highest BCUT2D eigenvalue weighted by Gasteiger charge is 2.48. The van der Waals surface area contributed by atoms with Crippen molar-refractivity contribution in [2.24, 2.45) is 22.7 Å². The standard InChI is InChI=1S/C16H26O/c1-5-13-14(17)8-11-16(13)9-6-12(7-10-16)15(2,3)4/h5,12-13H,1,6-11H2,2-4H3. The first kappa shape index (κ1) is 12.9. The van der Waals surface area contributed by atoms with Crippen molar-refractivity contribution in [1.82, 2.24) is 0 Å². The van der Waals surface area contributed by atoms with E-state index in [-0.39, 0.29) is 5.92 Å². The van der Waals surface area contributed by atoms with Crippen molar-refractivity contribution in [3.8, 4) is 0 Å². The molecule has 0 saturated heterocycles. The Balaban J connectivity index is 2.08. The number of Topliss-reactive ketones (excluding diaryl/α,β-unsaturated/α-hetero) is 1. The molecule has 0 amide bonds. The highest BCUT2D eigenvalue weighted by molar-refractivity contribution is 5.85. The van der Waals surface area contributed by atoms with Gasteiger partial charge in [0.1, 0.15) is 5.78 Å². The average Bonchev–Trinajstić information content (AvgIpc) is 2.55. The second-order valence-corrected chi connectivity index (χ2v) is 7.18. The largest absolute Gasteiger partial charge is 0.299 e. The zero-order chi connectivity index (χ0) is 12.7. The van der Waals surface area contributed by atoms with Gasteiger partial charge in [-0.3, -0.25) is 4.79 Å². The molecule has 2 saturated carbocycles. The monoisotopic (exact) mass is 234 g/mol. The molecule has 1 atom stereocenters. The minimum absolute atomic E-state index is 0.156. The van der Waals surface area contributed by atoms with Gasteiger partial charge in [0.2, 0.25) is 0 Å². The lowest BCUT2D eigenvalue weighted by Crippen LogP contribution is -2.35. The Hall–Kier alpha value is -0.590. The van der Waals surface area contributed by atoms with E-state index in [2.05, 4.69) is 27.4 Å². The zero-order valence-corrected chi connectivity index (χ0v) is 11.6. The highest BCUT2D eigenvalue weighted by Crippen LogP contribution is 2.55. The summed E-state index contributed by atoms with van der Waals surface area (Å²) < 4.78 is 0. The van der Waals surface area contributed by atoms with Crippen LogP contribution in [0, 0.1) is 22.7 Å². The van der Waals surface area contributed by atoms with Gasteiger partial charge in [-0.2, -0.15) is 0 Å². The molecule has 2 rings (SSSR count). The molecule has 96 valence electrons. The van der Waals surface area contributed by atoms with Crippen LogP contribution >= 0.6 is 0 Å². The lowest BCUT2D eigenvalue weighted by atomic mass is 9.60. The Labute approximate surface area is 106 Å². The second-order valence-electron chi connectivity index (χ2n) is 7.18. The summed E-state index contributed by atoms with van der Waals surface area (Å²) in [6.45, 7) is 10.9. The molecule has 0 N–H and O–H groups in total. The van der Waals surface area contributed by atoms with Crippen LogP contribution < -0.4 is 0 Å². The summed E-state index contributed by atoms with van der Waals surface area (Å²) in [5, 5.41) is 0. The molecule has 0 radical (unpaired) electrons. The lowest BCUT2D eigenvalue weighted by Gasteiger charge is -2.44. The number of hydrogen-bond acceptors (Lipinski definition) is 1. The molecular weight excluding hydrogens is 208 g/mol. The Morgan fingerprint density at radius 1 is 1.24 bits per heavy atom. The first-order valence-electron chi connectivity index (χ1n) is 7.04. The van der Waals surface area contributed by atoms with Crippen LogP contribution in [0.15, 0.2) is 12.7 Å². The van der Waals surface area contributed by atoms with E-state index in [1.165, 1.54) is 25.7 Å². The Kier molecular flexibility index (Phi) is 3.22. The van der Waals surface area contributed by atoms with Crippen molar-refractivity contribution in [2.75, 3.05) is 0 Å². The average molecular weight is 234 g/mol. The van der Waals surface area contributed by atoms with Crippen LogP contribution in [-0.4, -0.2) is 5.78 Å². The predicted octanol–water partition coefficient (Wildman–Crippen LogP) is 4.37. The second kappa shape index (κ2) is 4.26. The molecular formula is C16H26O. The maximum Gasteiger partial charge on any atom is 0.140 e. The summed E-state index contributed by atoms with van der Waals surface area (Å²) in [6, 6.07) is 0. The molecule has 2 aliphatic carbocycles. The molecule has 0 aromatic heterocycles. The van der Waals surface area contributed by atoms with Crippen molar-refractivity contribution in [1.29, 1.82) is 0 Å². The fraction of sp³-hybridized carbons (Fsp3) is 0.812. The van der Waals surface area contributed by atoms with Crippen LogP contribution in [0.3, 0.4) is 0 Å². The van der Waals surface area contributed by atoms with Crippen LogP contribution in [0.5, 0.6) is 0 Å². The van der Waals surface area contributed by atoms with Gasteiger partial charge in [-0.05, 0) is 48.9 Å². The molecule has 2 aliphatic rings. The Bertz CT molecular complexity index is 313. The highest BCUT2D eigenvalue weighted by atomic mass is 16.1. The van der Waals surface area contributed by atoms with Gasteiger partial charge in [-0.1, -0.05) is 26.8 Å². The molecule has 1 spiro atoms. The molecule has 0 heterocycles. The molecule has 1 heteroatoms. The van der Waals surface area contributed by atoms with E-state index < -0.39 is 0 Å². The van der Waals surface area contributed by atoms with E-state index in [9.17, 15) is 4.79 Å². The summed E-state index contributed by atoms with van der Waals surface area (Å²) in [4.78, 5) is 11.9. The fourth-order valence-electron chi connectivity index (χ4n) is 4.03. The first-order valence-corrected chi connectivity index (χ1v) is 7.04. The van der Waals surface area contributed by atoms with E-state index in [1.54, 1.807) is 0 Å². The fourth-order valence-corrected chi connectivity index (χ4v) is 4.03. The molecule has 0 bridgehead atoms. The third kappa shape index (κ3) is 2.21. The molecule has 0 aromatic carbocycles. The quantitative estimate of drug-likeness (QED) is 0.616. The first-order chi connectivity index (χ1) is 7.89. The van der Waals surface area contributed by atoms with Crippen molar-refractivity contribution >= 4 is 5.78 Å². The Morgan fingerprint density at radius 3 is 2.29 bits per heavy atom. The topological polar surface area (TPSA) is 17.1 Å². The van der Waals surface area contributed by atoms with Crippen LogP contribution in [0.4, 0.5) is 0 Å². The van der Waals surface area contributed by atoms with Crippen LogP contribution in [-0.2, 0) is 4.79 Å². The van der Waals surface area contributed by atoms with Crippen LogP contribution in [0.25, 0.3) is 0 Å². The van der Waals surface area contributed by atoms with E-state index in [0.717, 1.165) is 18.8 Å². The summed E-state index contributed by atoms with van der Waals surface area (Å²) in [6.07, 6.45) is 8.87. The van der Waals surface area contributed by atoms with Crippen LogP contribution in [0.2, 0.25) is 0 Å². The summed E-state index contributed by atoms with van der Waals surface area (Å²) >= 11 is 0. The normalized spacial score (nSPS) is 38.6. The van der Waals surface area contributed by atoms with Gasteiger partial charge in [0.15, 0.2) is 0 Å². The third-order valence-electron chi connectivity index (χ3n) is 5.32. The number of rotatable bonds is 1. The van der Waals surface area contributed by atoms with E-state index in [0.29, 0.717) is 16.6 Å². The molecule has 1 unspecified atom stereocenters. The number of ketones is 1. The summed E-state index contributed by atoms with van der Waals surface area (Å²) in [5.74, 6) is 1.42. The lowest BCUT2D eigenvalue weighted by molar-refractivity contribution is -0.121. The molecule has 1 nitrogen and oxygen atoms in total. The maximum atomic E-state index is 11.9. The van der Waals surface area contributed by atoms with Crippen molar-refractivity contribution < 1.29 is 4.79 Å². The summed E-state index contributed by atoms with van der Waals surface area (Å²) in [7, 11) is 0. The molecule has 0 aliphatic heterocycles. The number of carbonyl (C=O) groups is 1. The SMILES string of the molecule is C=CC1C(=O)CCC12CCC(C(C)(C)C)CC2. The van der Waals surface area contributed by atoms with E-state index >= 15 is 0 Å². The molecule has 0 aromatic rings. The van der Waals surface area contributed by atoms with Crippen molar-refractivity contribution in [2.45, 2.75) is 59.3 Å². The minimum atomic E-state index is 0.156. The van der Waals surface area contributed by atoms with E-state index in [1.807, 2.05) is 6.08 Å². The minimum Gasteiger partial charge on any atom is -0.299 e. The number of allylic oxidation sites excluding steroid dienone is 1. The van der Waals surface area contributed by atoms with Gasteiger partial charge in [-0.25, -0.2) is 0 Å². The van der Waals surface area contributed by atoms with E-state index in [4.69, 9.17) is 0 Å². The van der Waals surface area contributed by atoms with Gasteiger partial charge in [0.05, 0.1) is 0 Å². The summed E-state index contributed by atoms with van der Waals surface area (Å²) in [5.41, 5.74) is 0.717. The molecule has 17 heavy (non-hydrogen) atoms. The Morgan fingerprint density at radius 2 is 1.82 bits per heavy atom. The number of carbonyl (C=O) groups excluding carboxylic acids is 1.